The minimum absolute atomic E-state index is 0.0513. The zero-order valence-electron chi connectivity index (χ0n) is 10.4. The first-order chi connectivity index (χ1) is 8.54. The van der Waals surface area contributed by atoms with Crippen LogP contribution in [0, 0.1) is 5.92 Å². The summed E-state index contributed by atoms with van der Waals surface area (Å²) in [5.74, 6) is -1.60. The highest BCUT2D eigenvalue weighted by Crippen LogP contribution is 2.09. The van der Waals surface area contributed by atoms with Crippen LogP contribution in [0.5, 0.6) is 0 Å². The van der Waals surface area contributed by atoms with Gasteiger partial charge in [0.2, 0.25) is 5.91 Å². The molecule has 0 aliphatic carbocycles. The molecule has 0 spiro atoms. The number of amides is 1. The van der Waals surface area contributed by atoms with Crippen LogP contribution in [0.15, 0.2) is 30.3 Å². The predicted molar refractivity (Wildman–Crippen MR) is 77.3 cm³/mol. The van der Waals surface area contributed by atoms with Crippen LogP contribution in [0.2, 0.25) is 0 Å². The Morgan fingerprint density at radius 2 is 1.94 bits per heavy atom. The van der Waals surface area contributed by atoms with Gasteiger partial charge in [0.05, 0.1) is 11.2 Å². The number of carbonyl (C=O) groups is 2. The molecule has 4 nitrogen and oxygen atoms in total. The fraction of sp³-hybridized carbons (Fsp3) is 0.385. The largest absolute Gasteiger partial charge is 0.468 e. The van der Waals surface area contributed by atoms with Gasteiger partial charge in [-0.3, -0.25) is 9.59 Å². The van der Waals surface area contributed by atoms with E-state index in [1.165, 1.54) is 14.0 Å². The molecular weight excluding hydrogens is 345 g/mol. The molecule has 1 aromatic carbocycles. The van der Waals surface area contributed by atoms with Gasteiger partial charge in [0.15, 0.2) is 0 Å². The third-order valence-corrected chi connectivity index (χ3v) is 3.26. The Morgan fingerprint density at radius 1 is 1.33 bits per heavy atom. The van der Waals surface area contributed by atoms with E-state index in [9.17, 15) is 9.59 Å². The first kappa shape index (κ1) is 14.9. The maximum absolute atomic E-state index is 11.7. The third-order valence-electron chi connectivity index (χ3n) is 2.50. The van der Waals surface area contributed by atoms with Crippen LogP contribution in [-0.2, 0) is 20.7 Å². The topological polar surface area (TPSA) is 55.4 Å². The summed E-state index contributed by atoms with van der Waals surface area (Å²) in [6.45, 7) is 1.53. The highest BCUT2D eigenvalue weighted by Gasteiger charge is 2.23. The minimum atomic E-state index is -0.775. The number of alkyl halides is 1. The summed E-state index contributed by atoms with van der Waals surface area (Å²) in [6.07, 6.45) is 0.723. The van der Waals surface area contributed by atoms with E-state index in [1.807, 2.05) is 30.3 Å². The van der Waals surface area contributed by atoms with E-state index >= 15 is 0 Å². The first-order valence-electron chi connectivity index (χ1n) is 5.60. The smallest absolute Gasteiger partial charge is 0.317 e. The Bertz CT molecular complexity index is 408. The Kier molecular flexibility index (Phi) is 6.11. The second-order valence-electron chi connectivity index (χ2n) is 3.91. The highest BCUT2D eigenvalue weighted by molar-refractivity contribution is 14.1. The zero-order chi connectivity index (χ0) is 13.5. The molecule has 2 unspecified atom stereocenters. The molecule has 0 fully saturated rings. The van der Waals surface area contributed by atoms with Crippen LogP contribution in [0.4, 0.5) is 0 Å². The standard InChI is InChI=1S/C13H16INO3/c1-9(13(17)18-2)12(16)15-11(14)8-10-6-4-3-5-7-10/h3-7,9,11H,8H2,1-2H3,(H,15,16). The van der Waals surface area contributed by atoms with Gasteiger partial charge in [-0.05, 0) is 12.5 Å². The lowest BCUT2D eigenvalue weighted by Crippen LogP contribution is -2.39. The lowest BCUT2D eigenvalue weighted by molar-refractivity contribution is -0.149. The number of methoxy groups -OCH3 is 1. The average Bonchev–Trinajstić information content (AvgIpc) is 2.37. The van der Waals surface area contributed by atoms with Crippen LogP contribution in [-0.4, -0.2) is 23.0 Å². The molecule has 1 N–H and O–H groups in total. The Morgan fingerprint density at radius 3 is 2.50 bits per heavy atom. The molecule has 18 heavy (non-hydrogen) atoms. The van der Waals surface area contributed by atoms with Gasteiger partial charge >= 0.3 is 5.97 Å². The van der Waals surface area contributed by atoms with E-state index in [2.05, 4.69) is 32.6 Å². The summed E-state index contributed by atoms with van der Waals surface area (Å²) in [4.78, 5) is 22.9. The second kappa shape index (κ2) is 7.35. The number of hydrogen-bond donors (Lipinski definition) is 1. The molecule has 0 saturated carbocycles. The number of carbonyl (C=O) groups excluding carboxylic acids is 2. The first-order valence-corrected chi connectivity index (χ1v) is 6.85. The van der Waals surface area contributed by atoms with Gasteiger partial charge in [-0.2, -0.15) is 0 Å². The van der Waals surface area contributed by atoms with Gasteiger partial charge in [-0.1, -0.05) is 52.9 Å². The lowest BCUT2D eigenvalue weighted by Gasteiger charge is -2.15. The van der Waals surface area contributed by atoms with Gasteiger partial charge in [0, 0.05) is 6.42 Å². The molecule has 0 aliphatic heterocycles. The SMILES string of the molecule is COC(=O)C(C)C(=O)NC(I)Cc1ccccc1. The number of ether oxygens (including phenoxy) is 1. The Balaban J connectivity index is 2.47. The van der Waals surface area contributed by atoms with Crippen LogP contribution >= 0.6 is 22.6 Å². The number of nitrogens with one attached hydrogen (secondary N) is 1. The van der Waals surface area contributed by atoms with Crippen molar-refractivity contribution in [3.63, 3.8) is 0 Å². The number of halogens is 1. The molecule has 0 aliphatic rings. The second-order valence-corrected chi connectivity index (χ2v) is 5.41. The molecule has 1 rings (SSSR count). The van der Waals surface area contributed by atoms with E-state index < -0.39 is 11.9 Å². The molecule has 0 aromatic heterocycles. The summed E-state index contributed by atoms with van der Waals surface area (Å²) < 4.78 is 4.48. The number of benzene rings is 1. The van der Waals surface area contributed by atoms with E-state index in [4.69, 9.17) is 0 Å². The van der Waals surface area contributed by atoms with Gasteiger partial charge in [-0.15, -0.1) is 0 Å². The maximum atomic E-state index is 11.7. The van der Waals surface area contributed by atoms with Crippen molar-refractivity contribution in [2.75, 3.05) is 7.11 Å². The molecule has 98 valence electrons. The Hall–Kier alpha value is -1.11. The van der Waals surface area contributed by atoms with Crippen molar-refractivity contribution in [2.45, 2.75) is 17.4 Å². The maximum Gasteiger partial charge on any atom is 0.317 e. The average molecular weight is 361 g/mol. The van der Waals surface area contributed by atoms with Crippen molar-refractivity contribution in [1.29, 1.82) is 0 Å². The van der Waals surface area contributed by atoms with Crippen LogP contribution in [0.25, 0.3) is 0 Å². The molecule has 0 heterocycles. The number of esters is 1. The summed E-state index contributed by atoms with van der Waals surface area (Å²) >= 11 is 2.15. The zero-order valence-corrected chi connectivity index (χ0v) is 12.5. The van der Waals surface area contributed by atoms with Crippen molar-refractivity contribution in [3.8, 4) is 0 Å². The molecular formula is C13H16INO3. The van der Waals surface area contributed by atoms with Crippen molar-refractivity contribution < 1.29 is 14.3 Å². The summed E-state index contributed by atoms with van der Waals surface area (Å²) in [5.41, 5.74) is 1.14. The molecule has 1 aromatic rings. The van der Waals surface area contributed by atoms with Crippen molar-refractivity contribution in [2.24, 2.45) is 5.92 Å². The molecule has 0 saturated heterocycles. The van der Waals surface area contributed by atoms with Crippen LogP contribution in [0.3, 0.4) is 0 Å². The van der Waals surface area contributed by atoms with E-state index in [1.54, 1.807) is 0 Å². The predicted octanol–water partition coefficient (Wildman–Crippen LogP) is 1.92. The van der Waals surface area contributed by atoms with Gasteiger partial charge < -0.3 is 10.1 Å². The highest BCUT2D eigenvalue weighted by atomic mass is 127. The molecule has 0 radical (unpaired) electrons. The molecule has 1 amide bonds. The third kappa shape index (κ3) is 4.64. The minimum Gasteiger partial charge on any atom is -0.468 e. The number of hydrogen-bond acceptors (Lipinski definition) is 3. The fourth-order valence-electron chi connectivity index (χ4n) is 1.44. The van der Waals surface area contributed by atoms with Crippen LogP contribution in [0.1, 0.15) is 12.5 Å². The van der Waals surface area contributed by atoms with Gasteiger partial charge in [0.1, 0.15) is 5.92 Å². The molecule has 5 heteroatoms. The number of rotatable bonds is 5. The summed E-state index contributed by atoms with van der Waals surface area (Å²) in [7, 11) is 1.28. The van der Waals surface area contributed by atoms with Gasteiger partial charge in [-0.25, -0.2) is 0 Å². The van der Waals surface area contributed by atoms with E-state index in [0.29, 0.717) is 0 Å². The normalized spacial score (nSPS) is 13.5. The molecule has 0 bridgehead atoms. The van der Waals surface area contributed by atoms with E-state index in [0.717, 1.165) is 12.0 Å². The summed E-state index contributed by atoms with van der Waals surface area (Å²) in [6, 6.07) is 9.86. The molecule has 2 atom stereocenters. The van der Waals surface area contributed by atoms with Crippen molar-refractivity contribution >= 4 is 34.5 Å². The van der Waals surface area contributed by atoms with Crippen LogP contribution < -0.4 is 5.32 Å². The van der Waals surface area contributed by atoms with Crippen molar-refractivity contribution in [1.82, 2.24) is 5.32 Å². The lowest BCUT2D eigenvalue weighted by atomic mass is 10.1. The fourth-order valence-corrected chi connectivity index (χ4v) is 2.25. The summed E-state index contributed by atoms with van der Waals surface area (Å²) in [5, 5.41) is 2.79. The Labute approximate surface area is 120 Å². The monoisotopic (exact) mass is 361 g/mol. The van der Waals surface area contributed by atoms with Crippen molar-refractivity contribution in [3.05, 3.63) is 35.9 Å². The van der Waals surface area contributed by atoms with E-state index in [-0.39, 0.29) is 9.96 Å². The quantitative estimate of drug-likeness (QED) is 0.287. The van der Waals surface area contributed by atoms with Gasteiger partial charge in [0.25, 0.3) is 0 Å².